The second-order valence-corrected chi connectivity index (χ2v) is 5.38. The normalized spacial score (nSPS) is 19.8. The van der Waals surface area contributed by atoms with E-state index in [1.54, 1.807) is 0 Å². The van der Waals surface area contributed by atoms with Crippen LogP contribution in [0.5, 0.6) is 0 Å². The summed E-state index contributed by atoms with van der Waals surface area (Å²) < 4.78 is 5.95. The van der Waals surface area contributed by atoms with Crippen LogP contribution in [0.15, 0.2) is 0 Å². The van der Waals surface area contributed by atoms with Gasteiger partial charge in [0.1, 0.15) is 0 Å². The number of unbranched alkanes of at least 4 members (excludes halogenated alkanes) is 2. The maximum Gasteiger partial charge on any atom is 0.0575 e. The first kappa shape index (κ1) is 13.5. The molecule has 2 heteroatoms. The Bertz CT molecular complexity index is 130. The molecule has 1 fully saturated rings. The van der Waals surface area contributed by atoms with Gasteiger partial charge in [0.25, 0.3) is 0 Å². The molecule has 0 aromatic carbocycles. The van der Waals surface area contributed by atoms with Crippen molar-refractivity contribution in [3.05, 3.63) is 0 Å². The van der Waals surface area contributed by atoms with E-state index in [2.05, 4.69) is 15.9 Å². The molecule has 0 unspecified atom stereocenters. The number of rotatable bonds is 6. The van der Waals surface area contributed by atoms with Crippen molar-refractivity contribution in [2.45, 2.75) is 70.3 Å². The van der Waals surface area contributed by atoms with E-state index < -0.39 is 0 Å². The lowest BCUT2D eigenvalue weighted by Gasteiger charge is -2.20. The highest BCUT2D eigenvalue weighted by molar-refractivity contribution is 9.09. The predicted molar refractivity (Wildman–Crippen MR) is 69.7 cm³/mol. The Balaban J connectivity index is 1.97. The minimum Gasteiger partial charge on any atom is -0.378 e. The van der Waals surface area contributed by atoms with Crippen LogP contribution in [0, 0.1) is 0 Å². The minimum absolute atomic E-state index is 0.578. The highest BCUT2D eigenvalue weighted by atomic mass is 79.9. The molecule has 0 radical (unpaired) electrons. The van der Waals surface area contributed by atoms with Gasteiger partial charge in [-0.2, -0.15) is 0 Å². The second-order valence-electron chi connectivity index (χ2n) is 4.59. The van der Waals surface area contributed by atoms with Gasteiger partial charge in [0.2, 0.25) is 0 Å². The summed E-state index contributed by atoms with van der Waals surface area (Å²) in [5.41, 5.74) is 0. The van der Waals surface area contributed by atoms with Crippen LogP contribution in [0.3, 0.4) is 0 Å². The Hall–Kier alpha value is 0.440. The quantitative estimate of drug-likeness (QED) is 0.506. The average Bonchev–Trinajstić information content (AvgIpc) is 2.20. The topological polar surface area (TPSA) is 9.23 Å². The van der Waals surface area contributed by atoms with Crippen LogP contribution in [0.2, 0.25) is 0 Å². The van der Waals surface area contributed by atoms with Gasteiger partial charge in [0, 0.05) is 11.9 Å². The second kappa shape index (κ2) is 9.65. The highest BCUT2D eigenvalue weighted by Gasteiger charge is 2.10. The third-order valence-electron chi connectivity index (χ3n) is 3.18. The molecule has 1 aliphatic carbocycles. The Morgan fingerprint density at radius 2 is 1.53 bits per heavy atom. The zero-order valence-electron chi connectivity index (χ0n) is 9.85. The molecule has 0 aromatic heterocycles. The van der Waals surface area contributed by atoms with Crippen LogP contribution < -0.4 is 0 Å². The van der Waals surface area contributed by atoms with Crippen LogP contribution in [-0.2, 0) is 4.74 Å². The van der Waals surface area contributed by atoms with Crippen molar-refractivity contribution in [1.29, 1.82) is 0 Å². The Labute approximate surface area is 103 Å². The van der Waals surface area contributed by atoms with Gasteiger partial charge < -0.3 is 4.74 Å². The van der Waals surface area contributed by atoms with Crippen LogP contribution in [0.25, 0.3) is 0 Å². The van der Waals surface area contributed by atoms with Crippen molar-refractivity contribution < 1.29 is 4.74 Å². The SMILES string of the molecule is BrCCCCCOC1CCCCCCC1. The lowest BCUT2D eigenvalue weighted by atomic mass is 9.98. The van der Waals surface area contributed by atoms with Crippen molar-refractivity contribution >= 4 is 15.9 Å². The maximum atomic E-state index is 5.95. The molecule has 1 nitrogen and oxygen atoms in total. The highest BCUT2D eigenvalue weighted by Crippen LogP contribution is 2.19. The molecule has 0 aliphatic heterocycles. The molecule has 0 spiro atoms. The van der Waals surface area contributed by atoms with Crippen molar-refractivity contribution in [2.24, 2.45) is 0 Å². The van der Waals surface area contributed by atoms with Crippen molar-refractivity contribution in [1.82, 2.24) is 0 Å². The molecule has 0 N–H and O–H groups in total. The summed E-state index contributed by atoms with van der Waals surface area (Å²) in [6.07, 6.45) is 14.1. The third-order valence-corrected chi connectivity index (χ3v) is 3.74. The van der Waals surface area contributed by atoms with E-state index in [0.29, 0.717) is 6.10 Å². The third kappa shape index (κ3) is 7.35. The van der Waals surface area contributed by atoms with Gasteiger partial charge in [-0.1, -0.05) is 54.5 Å². The van der Waals surface area contributed by atoms with E-state index >= 15 is 0 Å². The first-order chi connectivity index (χ1) is 7.43. The summed E-state index contributed by atoms with van der Waals surface area (Å²) in [4.78, 5) is 0. The summed E-state index contributed by atoms with van der Waals surface area (Å²) in [6.45, 7) is 0.984. The van der Waals surface area contributed by atoms with Crippen molar-refractivity contribution in [3.8, 4) is 0 Å². The summed E-state index contributed by atoms with van der Waals surface area (Å²) in [5, 5.41) is 1.14. The lowest BCUT2D eigenvalue weighted by molar-refractivity contribution is 0.0334. The number of ether oxygens (including phenoxy) is 1. The Kier molecular flexibility index (Phi) is 8.69. The maximum absolute atomic E-state index is 5.95. The molecule has 0 amide bonds. The first-order valence-corrected chi connectivity index (χ1v) is 7.73. The van der Waals surface area contributed by atoms with E-state index in [0.717, 1.165) is 11.9 Å². The smallest absolute Gasteiger partial charge is 0.0575 e. The molecule has 0 aromatic rings. The van der Waals surface area contributed by atoms with Crippen molar-refractivity contribution in [2.75, 3.05) is 11.9 Å². The van der Waals surface area contributed by atoms with Crippen LogP contribution in [0.1, 0.15) is 64.2 Å². The summed E-state index contributed by atoms with van der Waals surface area (Å²) in [5.74, 6) is 0. The standard InChI is InChI=1S/C13H25BrO/c14-11-7-4-8-12-15-13-9-5-2-1-3-6-10-13/h13H,1-12H2. The Morgan fingerprint density at radius 1 is 0.867 bits per heavy atom. The molecule has 1 saturated carbocycles. The minimum atomic E-state index is 0.578. The fourth-order valence-electron chi connectivity index (χ4n) is 2.21. The molecule has 0 saturated heterocycles. The lowest BCUT2D eigenvalue weighted by Crippen LogP contribution is -2.15. The molecular formula is C13H25BrO. The van der Waals surface area contributed by atoms with Crippen LogP contribution in [0.4, 0.5) is 0 Å². The fourth-order valence-corrected chi connectivity index (χ4v) is 2.61. The summed E-state index contributed by atoms with van der Waals surface area (Å²) in [7, 11) is 0. The van der Waals surface area contributed by atoms with Crippen LogP contribution in [-0.4, -0.2) is 18.0 Å². The summed E-state index contributed by atoms with van der Waals surface area (Å²) in [6, 6.07) is 0. The monoisotopic (exact) mass is 276 g/mol. The number of alkyl halides is 1. The van der Waals surface area contributed by atoms with Gasteiger partial charge in [0.15, 0.2) is 0 Å². The predicted octanol–water partition coefficient (Wildman–Crippen LogP) is 4.68. The molecule has 0 heterocycles. The van der Waals surface area contributed by atoms with E-state index in [1.807, 2.05) is 0 Å². The van der Waals surface area contributed by atoms with Gasteiger partial charge in [-0.15, -0.1) is 0 Å². The summed E-state index contributed by atoms with van der Waals surface area (Å²) >= 11 is 3.46. The molecule has 90 valence electrons. The van der Waals surface area contributed by atoms with E-state index in [4.69, 9.17) is 4.74 Å². The number of hydrogen-bond donors (Lipinski definition) is 0. The van der Waals surface area contributed by atoms with Gasteiger partial charge in [-0.25, -0.2) is 0 Å². The van der Waals surface area contributed by atoms with E-state index in [1.165, 1.54) is 64.2 Å². The largest absolute Gasteiger partial charge is 0.378 e. The molecule has 15 heavy (non-hydrogen) atoms. The molecule has 0 atom stereocenters. The fraction of sp³-hybridized carbons (Fsp3) is 1.00. The average molecular weight is 277 g/mol. The molecule has 1 rings (SSSR count). The van der Waals surface area contributed by atoms with Crippen molar-refractivity contribution in [3.63, 3.8) is 0 Å². The molecule has 1 aliphatic rings. The zero-order chi connectivity index (χ0) is 10.8. The Morgan fingerprint density at radius 3 is 2.20 bits per heavy atom. The van der Waals surface area contributed by atoms with Crippen LogP contribution >= 0.6 is 15.9 Å². The number of halogens is 1. The number of hydrogen-bond acceptors (Lipinski definition) is 1. The van der Waals surface area contributed by atoms with Gasteiger partial charge in [0.05, 0.1) is 6.10 Å². The molecule has 0 bridgehead atoms. The van der Waals surface area contributed by atoms with Gasteiger partial charge in [-0.3, -0.25) is 0 Å². The van der Waals surface area contributed by atoms with Gasteiger partial charge in [-0.05, 0) is 25.7 Å². The first-order valence-electron chi connectivity index (χ1n) is 6.61. The van der Waals surface area contributed by atoms with E-state index in [9.17, 15) is 0 Å². The van der Waals surface area contributed by atoms with Gasteiger partial charge >= 0.3 is 0 Å². The zero-order valence-corrected chi connectivity index (χ0v) is 11.4. The molecular weight excluding hydrogens is 252 g/mol. The van der Waals surface area contributed by atoms with E-state index in [-0.39, 0.29) is 0 Å².